The van der Waals surface area contributed by atoms with Gasteiger partial charge in [0, 0.05) is 31.4 Å². The van der Waals surface area contributed by atoms with Crippen LogP contribution in [0.3, 0.4) is 0 Å². The van der Waals surface area contributed by atoms with E-state index in [1.807, 2.05) is 37.5 Å². The Morgan fingerprint density at radius 1 is 1.32 bits per heavy atom. The number of aromatic nitrogens is 2. The summed E-state index contributed by atoms with van der Waals surface area (Å²) >= 11 is 6.15. The first-order valence-corrected chi connectivity index (χ1v) is 7.03. The fraction of sp³-hybridized carbons (Fsp3) is 0.400. The maximum absolute atomic E-state index is 6.15. The Bertz CT molecular complexity index is 509. The van der Waals surface area contributed by atoms with Gasteiger partial charge in [0.1, 0.15) is 5.82 Å². The number of nitrogens with one attached hydrogen (secondary N) is 1. The molecule has 4 heteroatoms. The van der Waals surface area contributed by atoms with E-state index in [1.165, 1.54) is 5.56 Å². The average Bonchev–Trinajstić information content (AvgIpc) is 2.85. The van der Waals surface area contributed by atoms with Gasteiger partial charge in [0.25, 0.3) is 0 Å². The lowest BCUT2D eigenvalue weighted by Crippen LogP contribution is -2.42. The van der Waals surface area contributed by atoms with Crippen LogP contribution < -0.4 is 5.32 Å². The predicted molar refractivity (Wildman–Crippen MR) is 79.5 cm³/mol. The smallest absolute Gasteiger partial charge is 0.105 e. The first-order valence-electron chi connectivity index (χ1n) is 6.50. The summed E-state index contributed by atoms with van der Waals surface area (Å²) in [5.41, 5.74) is 1.02. The molecular weight excluding hydrogens is 258 g/mol. The summed E-state index contributed by atoms with van der Waals surface area (Å²) in [4.78, 5) is 4.22. The van der Waals surface area contributed by atoms with Crippen molar-refractivity contribution in [3.05, 3.63) is 54.1 Å². The molecule has 102 valence electrons. The highest BCUT2D eigenvalue weighted by molar-refractivity contribution is 6.18. The van der Waals surface area contributed by atoms with Gasteiger partial charge in [0.2, 0.25) is 0 Å². The SMILES string of the molecule is Cc1nccn1CCNC(C)(CCl)c1ccccc1. The lowest BCUT2D eigenvalue weighted by molar-refractivity contribution is 0.395. The van der Waals surface area contributed by atoms with E-state index < -0.39 is 0 Å². The van der Waals surface area contributed by atoms with E-state index >= 15 is 0 Å². The summed E-state index contributed by atoms with van der Waals surface area (Å²) in [5.74, 6) is 1.58. The van der Waals surface area contributed by atoms with Gasteiger partial charge >= 0.3 is 0 Å². The Morgan fingerprint density at radius 3 is 2.63 bits per heavy atom. The molecule has 3 nitrogen and oxygen atoms in total. The second kappa shape index (κ2) is 6.22. The quantitative estimate of drug-likeness (QED) is 0.823. The largest absolute Gasteiger partial charge is 0.334 e. The van der Waals surface area contributed by atoms with Gasteiger partial charge < -0.3 is 9.88 Å². The number of benzene rings is 1. The Kier molecular flexibility index (Phi) is 4.61. The van der Waals surface area contributed by atoms with Crippen molar-refractivity contribution in [2.24, 2.45) is 0 Å². The number of halogens is 1. The second-order valence-electron chi connectivity index (χ2n) is 4.93. The van der Waals surface area contributed by atoms with Gasteiger partial charge in [0.15, 0.2) is 0 Å². The summed E-state index contributed by atoms with van der Waals surface area (Å²) in [6, 6.07) is 10.3. The summed E-state index contributed by atoms with van der Waals surface area (Å²) in [6.07, 6.45) is 3.82. The molecule has 1 unspecified atom stereocenters. The van der Waals surface area contributed by atoms with Gasteiger partial charge in [-0.25, -0.2) is 4.98 Å². The van der Waals surface area contributed by atoms with Gasteiger partial charge in [-0.05, 0) is 19.4 Å². The summed E-state index contributed by atoms with van der Waals surface area (Å²) in [5, 5.41) is 3.55. The molecule has 0 aliphatic carbocycles. The van der Waals surface area contributed by atoms with Crippen molar-refractivity contribution in [3.63, 3.8) is 0 Å². The monoisotopic (exact) mass is 277 g/mol. The second-order valence-corrected chi connectivity index (χ2v) is 5.19. The number of imidazole rings is 1. The van der Waals surface area contributed by atoms with E-state index in [2.05, 4.69) is 33.9 Å². The summed E-state index contributed by atoms with van der Waals surface area (Å²) < 4.78 is 2.13. The standard InChI is InChI=1S/C15H20ClN3/c1-13-17-8-10-19(13)11-9-18-15(2,12-16)14-6-4-3-5-7-14/h3-8,10,18H,9,11-12H2,1-2H3. The van der Waals surface area contributed by atoms with Crippen LogP contribution in [0.2, 0.25) is 0 Å². The molecule has 0 saturated heterocycles. The van der Waals surface area contributed by atoms with Gasteiger partial charge in [-0.15, -0.1) is 11.6 Å². The lowest BCUT2D eigenvalue weighted by Gasteiger charge is -2.29. The zero-order valence-corrected chi connectivity index (χ0v) is 12.2. The van der Waals surface area contributed by atoms with Crippen molar-refractivity contribution in [3.8, 4) is 0 Å². The van der Waals surface area contributed by atoms with E-state index in [9.17, 15) is 0 Å². The molecular formula is C15H20ClN3. The molecule has 1 heterocycles. The summed E-state index contributed by atoms with van der Waals surface area (Å²) in [7, 11) is 0. The number of aryl methyl sites for hydroxylation is 1. The van der Waals surface area contributed by atoms with E-state index in [0.717, 1.165) is 18.9 Å². The third kappa shape index (κ3) is 3.37. The average molecular weight is 278 g/mol. The zero-order valence-electron chi connectivity index (χ0n) is 11.4. The first-order chi connectivity index (χ1) is 9.15. The van der Waals surface area contributed by atoms with E-state index in [0.29, 0.717) is 5.88 Å². The number of nitrogens with zero attached hydrogens (tertiary/aromatic N) is 2. The summed E-state index contributed by atoms with van der Waals surface area (Å²) in [6.45, 7) is 5.90. The molecule has 0 radical (unpaired) electrons. The highest BCUT2D eigenvalue weighted by Crippen LogP contribution is 2.21. The van der Waals surface area contributed by atoms with Crippen molar-refractivity contribution in [1.82, 2.24) is 14.9 Å². The highest BCUT2D eigenvalue weighted by atomic mass is 35.5. The van der Waals surface area contributed by atoms with Gasteiger partial charge in [-0.1, -0.05) is 30.3 Å². The molecule has 0 saturated carbocycles. The Hall–Kier alpha value is -1.32. The normalized spacial score (nSPS) is 14.3. The molecule has 2 rings (SSSR count). The van der Waals surface area contributed by atoms with Gasteiger partial charge in [-0.2, -0.15) is 0 Å². The topological polar surface area (TPSA) is 29.9 Å². The van der Waals surface area contributed by atoms with Crippen LogP contribution in [-0.4, -0.2) is 22.0 Å². The van der Waals surface area contributed by atoms with Crippen LogP contribution in [0.1, 0.15) is 18.3 Å². The van der Waals surface area contributed by atoms with Crippen LogP contribution >= 0.6 is 11.6 Å². The van der Waals surface area contributed by atoms with Crippen molar-refractivity contribution in [1.29, 1.82) is 0 Å². The molecule has 0 bridgehead atoms. The van der Waals surface area contributed by atoms with E-state index in [1.54, 1.807) is 0 Å². The van der Waals surface area contributed by atoms with Crippen molar-refractivity contribution in [2.75, 3.05) is 12.4 Å². The van der Waals surface area contributed by atoms with Crippen LogP contribution in [-0.2, 0) is 12.1 Å². The number of alkyl halides is 1. The maximum Gasteiger partial charge on any atom is 0.105 e. The molecule has 1 aromatic heterocycles. The fourth-order valence-corrected chi connectivity index (χ4v) is 2.37. The van der Waals surface area contributed by atoms with Crippen LogP contribution in [0.15, 0.2) is 42.7 Å². The minimum atomic E-state index is -0.197. The molecule has 19 heavy (non-hydrogen) atoms. The van der Waals surface area contributed by atoms with Crippen molar-refractivity contribution < 1.29 is 0 Å². The highest BCUT2D eigenvalue weighted by Gasteiger charge is 2.24. The van der Waals surface area contributed by atoms with Crippen LogP contribution in [0, 0.1) is 6.92 Å². The maximum atomic E-state index is 6.15. The number of rotatable bonds is 6. The molecule has 2 aromatic rings. The molecule has 0 spiro atoms. The van der Waals surface area contributed by atoms with E-state index in [4.69, 9.17) is 11.6 Å². The number of hydrogen-bond donors (Lipinski definition) is 1. The van der Waals surface area contributed by atoms with Crippen LogP contribution in [0.5, 0.6) is 0 Å². The number of hydrogen-bond acceptors (Lipinski definition) is 2. The minimum Gasteiger partial charge on any atom is -0.334 e. The van der Waals surface area contributed by atoms with Crippen molar-refractivity contribution >= 4 is 11.6 Å². The molecule has 0 amide bonds. The minimum absolute atomic E-state index is 0.197. The van der Waals surface area contributed by atoms with Gasteiger partial charge in [0.05, 0.1) is 5.54 Å². The molecule has 1 N–H and O–H groups in total. The zero-order chi connectivity index (χ0) is 13.7. The molecule has 0 aliphatic rings. The first kappa shape index (κ1) is 14.1. The van der Waals surface area contributed by atoms with Crippen LogP contribution in [0.25, 0.3) is 0 Å². The van der Waals surface area contributed by atoms with Crippen LogP contribution in [0.4, 0.5) is 0 Å². The third-order valence-corrected chi connectivity index (χ3v) is 4.00. The molecule has 1 aromatic carbocycles. The molecule has 1 atom stereocenters. The van der Waals surface area contributed by atoms with Gasteiger partial charge in [-0.3, -0.25) is 0 Å². The molecule has 0 fully saturated rings. The van der Waals surface area contributed by atoms with Crippen molar-refractivity contribution in [2.45, 2.75) is 25.9 Å². The predicted octanol–water partition coefficient (Wildman–Crippen LogP) is 2.94. The lowest BCUT2D eigenvalue weighted by atomic mass is 9.94. The van der Waals surface area contributed by atoms with E-state index in [-0.39, 0.29) is 5.54 Å². The Balaban J connectivity index is 1.98. The molecule has 0 aliphatic heterocycles. The third-order valence-electron chi connectivity index (χ3n) is 3.47. The Morgan fingerprint density at radius 2 is 2.05 bits per heavy atom. The fourth-order valence-electron chi connectivity index (χ4n) is 2.12. The Labute approximate surface area is 119 Å².